The maximum Gasteiger partial charge on any atom is 0.253 e. The molecule has 6 heteroatoms. The van der Waals surface area contributed by atoms with E-state index in [1.807, 2.05) is 36.9 Å². The van der Waals surface area contributed by atoms with Gasteiger partial charge in [-0.3, -0.25) is 9.69 Å². The predicted molar refractivity (Wildman–Crippen MR) is 114 cm³/mol. The second kappa shape index (κ2) is 8.62. The van der Waals surface area contributed by atoms with Crippen LogP contribution in [0.4, 0.5) is 0 Å². The Kier molecular flexibility index (Phi) is 6.40. The van der Waals surface area contributed by atoms with Crippen molar-refractivity contribution >= 4 is 17.2 Å². The number of hydrogen-bond acceptors (Lipinski definition) is 5. The summed E-state index contributed by atoms with van der Waals surface area (Å²) >= 11 is 1.74. The Labute approximate surface area is 172 Å². The van der Waals surface area contributed by atoms with E-state index in [0.717, 1.165) is 55.3 Å². The number of piperazine rings is 1. The Balaban J connectivity index is 1.55. The van der Waals surface area contributed by atoms with Gasteiger partial charge in [0.25, 0.3) is 5.91 Å². The Morgan fingerprint density at radius 2 is 1.93 bits per heavy atom. The van der Waals surface area contributed by atoms with Crippen LogP contribution in [0.5, 0.6) is 5.75 Å². The van der Waals surface area contributed by atoms with Gasteiger partial charge >= 0.3 is 0 Å². The fourth-order valence-corrected chi connectivity index (χ4v) is 4.24. The summed E-state index contributed by atoms with van der Waals surface area (Å²) < 4.78 is 5.57. The number of amides is 1. The first-order valence-corrected chi connectivity index (χ1v) is 10.9. The molecule has 1 aliphatic heterocycles. The molecule has 0 N–H and O–H groups in total. The van der Waals surface area contributed by atoms with E-state index in [-0.39, 0.29) is 11.3 Å². The number of carbonyl (C=O) groups is 1. The number of aryl methyl sites for hydroxylation is 1. The number of nitrogens with zero attached hydrogens (tertiary/aromatic N) is 3. The third kappa shape index (κ3) is 4.92. The van der Waals surface area contributed by atoms with Crippen LogP contribution in [0.1, 0.15) is 54.3 Å². The predicted octanol–water partition coefficient (Wildman–Crippen LogP) is 4.11. The van der Waals surface area contributed by atoms with Crippen molar-refractivity contribution in [2.75, 3.05) is 32.8 Å². The molecule has 1 amide bonds. The van der Waals surface area contributed by atoms with E-state index in [9.17, 15) is 4.79 Å². The first-order valence-electron chi connectivity index (χ1n) is 9.98. The van der Waals surface area contributed by atoms with Crippen LogP contribution in [0.3, 0.4) is 0 Å². The second-order valence-electron chi connectivity index (χ2n) is 8.38. The number of ether oxygens (including phenoxy) is 1. The lowest BCUT2D eigenvalue weighted by atomic mass is 9.98. The summed E-state index contributed by atoms with van der Waals surface area (Å²) in [5.74, 6) is 0.955. The van der Waals surface area contributed by atoms with Gasteiger partial charge in [0.2, 0.25) is 0 Å². The van der Waals surface area contributed by atoms with E-state index in [1.165, 1.54) is 5.01 Å². The highest BCUT2D eigenvalue weighted by molar-refractivity contribution is 7.09. The van der Waals surface area contributed by atoms with Crippen LogP contribution in [0.25, 0.3) is 0 Å². The van der Waals surface area contributed by atoms with Crippen LogP contribution >= 0.6 is 11.3 Å². The van der Waals surface area contributed by atoms with Crippen LogP contribution in [0, 0.1) is 6.92 Å². The van der Waals surface area contributed by atoms with Gasteiger partial charge in [-0.05, 0) is 37.6 Å². The Morgan fingerprint density at radius 1 is 1.21 bits per heavy atom. The summed E-state index contributed by atoms with van der Waals surface area (Å²) in [5, 5.41) is 3.35. The molecule has 0 bridgehead atoms. The number of carbonyl (C=O) groups excluding carboxylic acids is 1. The number of rotatable bonds is 5. The van der Waals surface area contributed by atoms with Crippen molar-refractivity contribution in [1.29, 1.82) is 0 Å². The monoisotopic (exact) mass is 401 g/mol. The molecular weight excluding hydrogens is 370 g/mol. The number of aromatic nitrogens is 1. The zero-order chi connectivity index (χ0) is 20.3. The minimum absolute atomic E-state index is 0.101. The summed E-state index contributed by atoms with van der Waals surface area (Å²) in [5.41, 5.74) is 2.98. The van der Waals surface area contributed by atoms with Gasteiger partial charge in [-0.2, -0.15) is 0 Å². The lowest BCUT2D eigenvalue weighted by Crippen LogP contribution is -2.48. The summed E-state index contributed by atoms with van der Waals surface area (Å²) in [6.45, 7) is 15.3. The molecular formula is C22H31N3O2S. The van der Waals surface area contributed by atoms with Crippen molar-refractivity contribution in [3.63, 3.8) is 0 Å². The van der Waals surface area contributed by atoms with Crippen molar-refractivity contribution in [3.8, 4) is 5.75 Å². The minimum atomic E-state index is 0.101. The van der Waals surface area contributed by atoms with Crippen LogP contribution in [0.15, 0.2) is 23.6 Å². The smallest absolute Gasteiger partial charge is 0.253 e. The first-order chi connectivity index (χ1) is 13.3. The number of thiazole rings is 1. The van der Waals surface area contributed by atoms with Crippen molar-refractivity contribution in [2.45, 2.75) is 46.6 Å². The van der Waals surface area contributed by atoms with Gasteiger partial charge in [-0.15, -0.1) is 11.3 Å². The molecule has 0 atom stereocenters. The summed E-state index contributed by atoms with van der Waals surface area (Å²) in [4.78, 5) is 22.0. The lowest BCUT2D eigenvalue weighted by molar-refractivity contribution is 0.0627. The van der Waals surface area contributed by atoms with Gasteiger partial charge < -0.3 is 9.64 Å². The van der Waals surface area contributed by atoms with E-state index in [1.54, 1.807) is 11.3 Å². The largest absolute Gasteiger partial charge is 0.494 e. The minimum Gasteiger partial charge on any atom is -0.494 e. The molecule has 2 heterocycles. The van der Waals surface area contributed by atoms with Gasteiger partial charge in [-0.1, -0.05) is 20.8 Å². The zero-order valence-electron chi connectivity index (χ0n) is 17.6. The first kappa shape index (κ1) is 20.8. The average Bonchev–Trinajstić information content (AvgIpc) is 3.12. The van der Waals surface area contributed by atoms with E-state index in [0.29, 0.717) is 6.61 Å². The third-order valence-corrected chi connectivity index (χ3v) is 6.28. The molecule has 1 aromatic heterocycles. The molecule has 0 aliphatic carbocycles. The van der Waals surface area contributed by atoms with Crippen molar-refractivity contribution in [3.05, 3.63) is 45.4 Å². The highest BCUT2D eigenvalue weighted by Gasteiger charge is 2.24. The SMILES string of the molecule is CCOc1ccc(C(=O)N2CCN(Cc3csc(C(C)(C)C)n3)CC2)cc1C. The Bertz CT molecular complexity index is 817. The molecule has 3 rings (SSSR count). The quantitative estimate of drug-likeness (QED) is 0.756. The molecule has 28 heavy (non-hydrogen) atoms. The van der Waals surface area contributed by atoms with E-state index >= 15 is 0 Å². The second-order valence-corrected chi connectivity index (χ2v) is 9.23. The molecule has 2 aromatic rings. The topological polar surface area (TPSA) is 45.7 Å². The van der Waals surface area contributed by atoms with Gasteiger partial charge in [0.15, 0.2) is 0 Å². The summed E-state index contributed by atoms with van der Waals surface area (Å²) in [6.07, 6.45) is 0. The molecule has 1 saturated heterocycles. The van der Waals surface area contributed by atoms with Gasteiger partial charge in [-0.25, -0.2) is 4.98 Å². The fraction of sp³-hybridized carbons (Fsp3) is 0.545. The van der Waals surface area contributed by atoms with Crippen molar-refractivity contribution < 1.29 is 9.53 Å². The Hall–Kier alpha value is -1.92. The van der Waals surface area contributed by atoms with Gasteiger partial charge in [0, 0.05) is 49.1 Å². The van der Waals surface area contributed by atoms with Crippen LogP contribution in [0.2, 0.25) is 0 Å². The van der Waals surface area contributed by atoms with E-state index in [4.69, 9.17) is 9.72 Å². The third-order valence-electron chi connectivity index (χ3n) is 4.96. The highest BCUT2D eigenvalue weighted by Crippen LogP contribution is 2.26. The molecule has 0 unspecified atom stereocenters. The van der Waals surface area contributed by atoms with Crippen molar-refractivity contribution in [1.82, 2.24) is 14.8 Å². The van der Waals surface area contributed by atoms with Gasteiger partial charge in [0.1, 0.15) is 5.75 Å². The Morgan fingerprint density at radius 3 is 2.50 bits per heavy atom. The lowest BCUT2D eigenvalue weighted by Gasteiger charge is -2.34. The molecule has 0 spiro atoms. The average molecular weight is 402 g/mol. The number of benzene rings is 1. The molecule has 0 radical (unpaired) electrons. The molecule has 1 aliphatic rings. The van der Waals surface area contributed by atoms with Crippen LogP contribution in [-0.4, -0.2) is 53.5 Å². The maximum absolute atomic E-state index is 12.9. The summed E-state index contributed by atoms with van der Waals surface area (Å²) in [6, 6.07) is 5.70. The van der Waals surface area contributed by atoms with E-state index < -0.39 is 0 Å². The van der Waals surface area contributed by atoms with Crippen molar-refractivity contribution in [2.24, 2.45) is 0 Å². The van der Waals surface area contributed by atoms with E-state index in [2.05, 4.69) is 31.1 Å². The van der Waals surface area contributed by atoms with Crippen LogP contribution < -0.4 is 4.74 Å². The summed E-state index contributed by atoms with van der Waals surface area (Å²) in [7, 11) is 0. The maximum atomic E-state index is 12.9. The van der Waals surface area contributed by atoms with Crippen LogP contribution in [-0.2, 0) is 12.0 Å². The standard InChI is InChI=1S/C22H31N3O2S/c1-6-27-19-8-7-17(13-16(19)2)20(26)25-11-9-24(10-12-25)14-18-15-28-21(23-18)22(3,4)5/h7-8,13,15H,6,9-12,14H2,1-5H3. The zero-order valence-corrected chi connectivity index (χ0v) is 18.4. The highest BCUT2D eigenvalue weighted by atomic mass is 32.1. The molecule has 152 valence electrons. The normalized spacial score (nSPS) is 15.7. The fourth-order valence-electron chi connectivity index (χ4n) is 3.34. The molecule has 5 nitrogen and oxygen atoms in total. The van der Waals surface area contributed by atoms with Gasteiger partial charge in [0.05, 0.1) is 17.3 Å². The molecule has 1 aromatic carbocycles. The number of hydrogen-bond donors (Lipinski definition) is 0. The molecule has 1 fully saturated rings. The molecule has 0 saturated carbocycles.